The Bertz CT molecular complexity index is 510. The van der Waals surface area contributed by atoms with E-state index < -0.39 is 0 Å². The van der Waals surface area contributed by atoms with Gasteiger partial charge in [-0.05, 0) is 51.3 Å². The van der Waals surface area contributed by atoms with Gasteiger partial charge in [-0.2, -0.15) is 0 Å². The van der Waals surface area contributed by atoms with Crippen LogP contribution in [-0.2, 0) is 11.2 Å². The number of fused-ring (bicyclic) bond motifs is 1. The standard InChI is InChI=1S/C12H13Br2NO2S/c1-3-17-12(16)15-5-4-8-9(7(2)6-15)10(13)11(14)18-8/h6H,3-5H2,1-2H3. The van der Waals surface area contributed by atoms with Gasteiger partial charge in [-0.1, -0.05) is 0 Å². The van der Waals surface area contributed by atoms with Crippen LogP contribution < -0.4 is 0 Å². The van der Waals surface area contributed by atoms with Gasteiger partial charge in [0.2, 0.25) is 0 Å². The van der Waals surface area contributed by atoms with Crippen molar-refractivity contribution in [3.8, 4) is 0 Å². The van der Waals surface area contributed by atoms with Crippen LogP contribution in [0.4, 0.5) is 4.79 Å². The van der Waals surface area contributed by atoms with Crippen molar-refractivity contribution in [2.24, 2.45) is 0 Å². The largest absolute Gasteiger partial charge is 0.449 e. The molecule has 0 bridgehead atoms. The Balaban J connectivity index is 2.33. The zero-order valence-electron chi connectivity index (χ0n) is 10.1. The average Bonchev–Trinajstić information content (AvgIpc) is 2.51. The Labute approximate surface area is 127 Å². The molecular weight excluding hydrogens is 382 g/mol. The minimum absolute atomic E-state index is 0.276. The summed E-state index contributed by atoms with van der Waals surface area (Å²) in [5.41, 5.74) is 2.27. The molecule has 1 aromatic heterocycles. The van der Waals surface area contributed by atoms with E-state index in [9.17, 15) is 4.79 Å². The second-order valence-corrected chi connectivity index (χ2v) is 7.16. The van der Waals surface area contributed by atoms with Crippen molar-refractivity contribution in [1.82, 2.24) is 4.90 Å². The molecule has 2 rings (SSSR count). The summed E-state index contributed by atoms with van der Waals surface area (Å²) >= 11 is 8.84. The molecule has 0 aliphatic carbocycles. The van der Waals surface area contributed by atoms with Gasteiger partial charge in [0.15, 0.2) is 0 Å². The molecule has 1 aromatic rings. The molecule has 0 N–H and O–H groups in total. The van der Waals surface area contributed by atoms with Crippen LogP contribution in [0.1, 0.15) is 24.3 Å². The first kappa shape index (κ1) is 14.1. The number of hydrogen-bond acceptors (Lipinski definition) is 3. The van der Waals surface area contributed by atoms with E-state index in [-0.39, 0.29) is 6.09 Å². The Kier molecular flexibility index (Phi) is 4.50. The maximum absolute atomic E-state index is 11.8. The van der Waals surface area contributed by atoms with Crippen LogP contribution in [0.3, 0.4) is 0 Å². The minimum atomic E-state index is -0.276. The predicted octanol–water partition coefficient (Wildman–Crippen LogP) is 4.65. The van der Waals surface area contributed by atoms with E-state index in [2.05, 4.69) is 31.9 Å². The number of ether oxygens (including phenoxy) is 1. The van der Waals surface area contributed by atoms with E-state index in [0.717, 1.165) is 20.3 Å². The molecule has 1 amide bonds. The summed E-state index contributed by atoms with van der Waals surface area (Å²) in [5.74, 6) is 0. The van der Waals surface area contributed by atoms with E-state index in [1.807, 2.05) is 20.0 Å². The van der Waals surface area contributed by atoms with Crippen molar-refractivity contribution in [3.63, 3.8) is 0 Å². The van der Waals surface area contributed by atoms with E-state index in [1.54, 1.807) is 16.2 Å². The molecule has 3 nitrogen and oxygen atoms in total. The molecule has 1 aliphatic heterocycles. The highest BCUT2D eigenvalue weighted by Gasteiger charge is 2.23. The van der Waals surface area contributed by atoms with Gasteiger partial charge < -0.3 is 4.74 Å². The summed E-state index contributed by atoms with van der Waals surface area (Å²) in [6.07, 6.45) is 2.44. The Hall–Kier alpha value is -0.330. The monoisotopic (exact) mass is 393 g/mol. The highest BCUT2D eigenvalue weighted by Crippen LogP contribution is 2.42. The molecule has 0 fully saturated rings. The Morgan fingerprint density at radius 1 is 1.56 bits per heavy atom. The molecule has 0 aromatic carbocycles. The van der Waals surface area contributed by atoms with Crippen LogP contribution in [-0.4, -0.2) is 24.1 Å². The third kappa shape index (κ3) is 2.65. The zero-order chi connectivity index (χ0) is 13.3. The number of carbonyl (C=O) groups is 1. The van der Waals surface area contributed by atoms with E-state index in [4.69, 9.17) is 4.74 Å². The lowest BCUT2D eigenvalue weighted by molar-refractivity contribution is 0.123. The van der Waals surface area contributed by atoms with Crippen LogP contribution >= 0.6 is 43.2 Å². The Morgan fingerprint density at radius 2 is 2.28 bits per heavy atom. The van der Waals surface area contributed by atoms with Crippen LogP contribution in [0.25, 0.3) is 5.57 Å². The van der Waals surface area contributed by atoms with Gasteiger partial charge in [0.05, 0.1) is 14.9 Å². The van der Waals surface area contributed by atoms with Gasteiger partial charge >= 0.3 is 6.09 Å². The number of nitrogens with zero attached hydrogens (tertiary/aromatic N) is 1. The van der Waals surface area contributed by atoms with Crippen molar-refractivity contribution >= 4 is 54.9 Å². The van der Waals surface area contributed by atoms with Gasteiger partial charge in [0.1, 0.15) is 0 Å². The second kappa shape index (κ2) is 5.75. The van der Waals surface area contributed by atoms with Gasteiger partial charge in [0, 0.05) is 29.6 Å². The third-order valence-electron chi connectivity index (χ3n) is 2.71. The first-order valence-corrected chi connectivity index (χ1v) is 8.03. The first-order valence-electron chi connectivity index (χ1n) is 5.63. The molecule has 0 saturated heterocycles. The SMILES string of the molecule is CCOC(=O)N1C=C(C)c2c(sc(Br)c2Br)CC1. The Morgan fingerprint density at radius 3 is 2.94 bits per heavy atom. The molecule has 0 unspecified atom stereocenters. The summed E-state index contributed by atoms with van der Waals surface area (Å²) < 4.78 is 7.21. The lowest BCUT2D eigenvalue weighted by Crippen LogP contribution is -2.28. The molecule has 1 aliphatic rings. The summed E-state index contributed by atoms with van der Waals surface area (Å²) in [6, 6.07) is 0. The van der Waals surface area contributed by atoms with E-state index in [0.29, 0.717) is 13.2 Å². The average molecular weight is 395 g/mol. The molecule has 0 radical (unpaired) electrons. The van der Waals surface area contributed by atoms with Gasteiger partial charge in [0.25, 0.3) is 0 Å². The molecule has 6 heteroatoms. The second-order valence-electron chi connectivity index (χ2n) is 3.94. The van der Waals surface area contributed by atoms with Crippen LogP contribution in [0.15, 0.2) is 14.5 Å². The number of rotatable bonds is 1. The molecule has 0 spiro atoms. The van der Waals surface area contributed by atoms with Gasteiger partial charge in [-0.15, -0.1) is 11.3 Å². The van der Waals surface area contributed by atoms with Crippen molar-refractivity contribution < 1.29 is 9.53 Å². The number of allylic oxidation sites excluding steroid dienone is 1. The van der Waals surface area contributed by atoms with E-state index in [1.165, 1.54) is 10.4 Å². The lowest BCUT2D eigenvalue weighted by Gasteiger charge is -2.16. The summed E-state index contributed by atoms with van der Waals surface area (Å²) in [5, 5.41) is 0. The highest BCUT2D eigenvalue weighted by molar-refractivity contribution is 9.13. The molecule has 98 valence electrons. The zero-order valence-corrected chi connectivity index (χ0v) is 14.1. The fraction of sp³-hybridized carbons (Fsp3) is 0.417. The fourth-order valence-corrected chi connectivity index (χ4v) is 4.61. The van der Waals surface area contributed by atoms with E-state index >= 15 is 0 Å². The quantitative estimate of drug-likeness (QED) is 0.693. The predicted molar refractivity (Wildman–Crippen MR) is 80.8 cm³/mol. The van der Waals surface area contributed by atoms with Crippen molar-refractivity contribution in [2.45, 2.75) is 20.3 Å². The minimum Gasteiger partial charge on any atom is -0.449 e. The summed E-state index contributed by atoms with van der Waals surface area (Å²) in [7, 11) is 0. The molecular formula is C12H13Br2NO2S. The molecule has 18 heavy (non-hydrogen) atoms. The van der Waals surface area contributed by atoms with Crippen molar-refractivity contribution in [1.29, 1.82) is 0 Å². The maximum Gasteiger partial charge on any atom is 0.413 e. The normalized spacial score (nSPS) is 14.9. The number of amides is 1. The summed E-state index contributed by atoms with van der Waals surface area (Å²) in [6.45, 7) is 4.89. The third-order valence-corrected chi connectivity index (χ3v) is 6.22. The van der Waals surface area contributed by atoms with Gasteiger partial charge in [-0.25, -0.2) is 4.79 Å². The first-order chi connectivity index (χ1) is 8.54. The fourth-order valence-electron chi connectivity index (χ4n) is 1.93. The smallest absolute Gasteiger partial charge is 0.413 e. The maximum atomic E-state index is 11.8. The highest BCUT2D eigenvalue weighted by atomic mass is 79.9. The summed E-state index contributed by atoms with van der Waals surface area (Å²) in [4.78, 5) is 14.7. The number of hydrogen-bond donors (Lipinski definition) is 0. The lowest BCUT2D eigenvalue weighted by atomic mass is 10.1. The van der Waals surface area contributed by atoms with Crippen LogP contribution in [0.2, 0.25) is 0 Å². The van der Waals surface area contributed by atoms with Gasteiger partial charge in [-0.3, -0.25) is 4.90 Å². The molecule has 0 atom stereocenters. The number of carbonyl (C=O) groups excluding carboxylic acids is 1. The number of halogens is 2. The van der Waals surface area contributed by atoms with Crippen LogP contribution in [0.5, 0.6) is 0 Å². The van der Waals surface area contributed by atoms with Crippen molar-refractivity contribution in [3.05, 3.63) is 24.9 Å². The number of thiophene rings is 1. The van der Waals surface area contributed by atoms with Crippen LogP contribution in [0, 0.1) is 0 Å². The topological polar surface area (TPSA) is 29.5 Å². The van der Waals surface area contributed by atoms with Crippen molar-refractivity contribution in [2.75, 3.05) is 13.2 Å². The molecule has 0 saturated carbocycles. The molecule has 2 heterocycles.